The molecule has 2 aliphatic carbocycles. The summed E-state index contributed by atoms with van der Waals surface area (Å²) in [6.45, 7) is 1.46. The highest BCUT2D eigenvalue weighted by Crippen LogP contribution is 2.50. The van der Waals surface area contributed by atoms with Crippen molar-refractivity contribution < 1.29 is 33.3 Å². The monoisotopic (exact) mass is 691 g/mol. The lowest BCUT2D eigenvalue weighted by Gasteiger charge is -2.22. The van der Waals surface area contributed by atoms with E-state index >= 15 is 0 Å². The Balaban J connectivity index is 1.54. The van der Waals surface area contributed by atoms with E-state index < -0.39 is 12.1 Å². The van der Waals surface area contributed by atoms with Gasteiger partial charge in [-0.2, -0.15) is 11.8 Å². The molecule has 3 aromatic carbocycles. The van der Waals surface area contributed by atoms with Crippen molar-refractivity contribution >= 4 is 29.3 Å². The fourth-order valence-electron chi connectivity index (χ4n) is 6.87. The third kappa shape index (κ3) is 7.39. The number of carbonyl (C=O) groups is 2. The van der Waals surface area contributed by atoms with E-state index in [4.69, 9.17) is 23.7 Å². The Morgan fingerprint density at radius 1 is 0.796 bits per heavy atom. The molecule has 0 heterocycles. The van der Waals surface area contributed by atoms with Gasteiger partial charge in [0.2, 0.25) is 23.0 Å². The Labute approximate surface area is 291 Å². The number of anilines is 1. The molecule has 0 aliphatic heterocycles. The van der Waals surface area contributed by atoms with Crippen molar-refractivity contribution in [2.45, 2.75) is 57.2 Å². The van der Waals surface area contributed by atoms with Gasteiger partial charge in [-0.05, 0) is 102 Å². The van der Waals surface area contributed by atoms with Gasteiger partial charge in [0, 0.05) is 12.5 Å². The molecule has 11 nitrogen and oxygen atoms in total. The second-order valence-electron chi connectivity index (χ2n) is 12.1. The van der Waals surface area contributed by atoms with Crippen LogP contribution in [-0.2, 0) is 22.4 Å². The standard InChI is InChI=1S/C37H45N3O8S/c1-20(41)38-27-12-9-22-17-33(46-4)35(47-5)36(48-6)34(22)23-10-13-28(30(42)18-25(23)27)39-29(14-15-49-7)37(43)40-26-11-8-21-16-31(44-2)32(45-3)19-24(21)26/h10,13,16-19,26-27,29H,8-9,11-12,14-15H2,1-7H3,(H,38,41)(H,39,42)(H,40,43)/t26-,27-,29-/m0/s1. The zero-order chi connectivity index (χ0) is 35.2. The van der Waals surface area contributed by atoms with E-state index in [-0.39, 0.29) is 29.0 Å². The van der Waals surface area contributed by atoms with Gasteiger partial charge in [-0.3, -0.25) is 14.4 Å². The Morgan fingerprint density at radius 2 is 1.43 bits per heavy atom. The van der Waals surface area contributed by atoms with E-state index in [2.05, 4.69) is 16.0 Å². The minimum Gasteiger partial charge on any atom is -0.493 e. The minimum absolute atomic E-state index is 0.200. The van der Waals surface area contributed by atoms with E-state index in [0.29, 0.717) is 64.9 Å². The van der Waals surface area contributed by atoms with Crippen LogP contribution in [-0.4, -0.2) is 65.4 Å². The van der Waals surface area contributed by atoms with E-state index in [1.807, 2.05) is 30.5 Å². The number of methoxy groups -OCH3 is 5. The molecule has 0 fully saturated rings. The average molecular weight is 692 g/mol. The number of benzene rings is 2. The Morgan fingerprint density at radius 3 is 2.06 bits per heavy atom. The number of amides is 2. The predicted octanol–water partition coefficient (Wildman–Crippen LogP) is 5.22. The fraction of sp³-hybridized carbons (Fsp3) is 0.432. The summed E-state index contributed by atoms with van der Waals surface area (Å²) >= 11 is 1.63. The maximum absolute atomic E-state index is 14.0. The maximum atomic E-state index is 14.0. The first-order valence-corrected chi connectivity index (χ1v) is 17.6. The van der Waals surface area contributed by atoms with Crippen LogP contribution in [0.4, 0.5) is 5.69 Å². The first-order chi connectivity index (χ1) is 23.7. The molecule has 0 spiro atoms. The van der Waals surface area contributed by atoms with Gasteiger partial charge in [0.05, 0.1) is 53.3 Å². The predicted molar refractivity (Wildman–Crippen MR) is 192 cm³/mol. The summed E-state index contributed by atoms with van der Waals surface area (Å²) in [6.07, 6.45) is 5.16. The SMILES string of the molecule is COc1cc2c(cc1OC)[C@@H](NC(=O)[C@H](CCSC)Nc1ccc3c(cc1=O)[C@@H](NC(C)=O)CCc1cc(OC)c(OC)c(OC)c1-3)CC2. The molecule has 0 radical (unpaired) electrons. The van der Waals surface area contributed by atoms with Crippen LogP contribution in [0.25, 0.3) is 11.1 Å². The molecule has 49 heavy (non-hydrogen) atoms. The number of nitrogens with one attached hydrogen (secondary N) is 3. The molecular weight excluding hydrogens is 646 g/mol. The minimum atomic E-state index is -0.677. The smallest absolute Gasteiger partial charge is 0.243 e. The molecule has 2 amide bonds. The maximum Gasteiger partial charge on any atom is 0.243 e. The highest BCUT2D eigenvalue weighted by molar-refractivity contribution is 7.98. The number of thioether (sulfide) groups is 1. The zero-order valence-corrected chi connectivity index (χ0v) is 29.9. The highest BCUT2D eigenvalue weighted by Gasteiger charge is 2.31. The lowest BCUT2D eigenvalue weighted by molar-refractivity contribution is -0.122. The number of hydrogen-bond acceptors (Lipinski definition) is 10. The van der Waals surface area contributed by atoms with Gasteiger partial charge in [-0.1, -0.05) is 6.07 Å². The fourth-order valence-corrected chi connectivity index (χ4v) is 7.35. The van der Waals surface area contributed by atoms with Crippen LogP contribution in [0.3, 0.4) is 0 Å². The molecule has 3 N–H and O–H groups in total. The van der Waals surface area contributed by atoms with Crippen molar-refractivity contribution in [3.63, 3.8) is 0 Å². The quantitative estimate of drug-likeness (QED) is 0.219. The third-order valence-corrected chi connectivity index (χ3v) is 9.86. The molecular formula is C37H45N3O8S. The van der Waals surface area contributed by atoms with Gasteiger partial charge in [0.15, 0.2) is 23.0 Å². The molecule has 0 saturated heterocycles. The average Bonchev–Trinajstić information content (AvgIpc) is 3.33. The van der Waals surface area contributed by atoms with Crippen molar-refractivity contribution in [3.8, 4) is 39.9 Å². The van der Waals surface area contributed by atoms with Crippen molar-refractivity contribution in [1.29, 1.82) is 0 Å². The summed E-state index contributed by atoms with van der Waals surface area (Å²) < 4.78 is 28.2. The van der Waals surface area contributed by atoms with Crippen LogP contribution in [0.1, 0.15) is 60.5 Å². The topological polar surface area (TPSA) is 133 Å². The van der Waals surface area contributed by atoms with Crippen LogP contribution in [0.2, 0.25) is 0 Å². The summed E-state index contributed by atoms with van der Waals surface area (Å²) in [5, 5.41) is 9.54. The second-order valence-corrected chi connectivity index (χ2v) is 13.1. The van der Waals surface area contributed by atoms with Gasteiger partial charge in [-0.15, -0.1) is 0 Å². The molecule has 2 aliphatic rings. The van der Waals surface area contributed by atoms with Crippen LogP contribution in [0, 0.1) is 0 Å². The largest absolute Gasteiger partial charge is 0.493 e. The van der Waals surface area contributed by atoms with Crippen molar-refractivity contribution in [3.05, 3.63) is 68.9 Å². The van der Waals surface area contributed by atoms with Crippen molar-refractivity contribution in [1.82, 2.24) is 10.6 Å². The number of aryl methyl sites for hydroxylation is 2. The van der Waals surface area contributed by atoms with Crippen molar-refractivity contribution in [2.75, 3.05) is 52.9 Å². The van der Waals surface area contributed by atoms with Gasteiger partial charge < -0.3 is 39.6 Å². The van der Waals surface area contributed by atoms with E-state index in [1.165, 1.54) is 6.92 Å². The molecule has 0 aromatic heterocycles. The first kappa shape index (κ1) is 35.7. The number of fused-ring (bicyclic) bond motifs is 4. The van der Waals surface area contributed by atoms with E-state index in [0.717, 1.165) is 35.1 Å². The van der Waals surface area contributed by atoms with Crippen LogP contribution < -0.4 is 45.1 Å². The molecule has 0 bridgehead atoms. The summed E-state index contributed by atoms with van der Waals surface area (Å²) in [6, 6.07) is 9.60. The molecule has 5 rings (SSSR count). The highest BCUT2D eigenvalue weighted by atomic mass is 32.2. The summed E-state index contributed by atoms with van der Waals surface area (Å²) in [5.41, 5.74) is 5.13. The zero-order valence-electron chi connectivity index (χ0n) is 29.1. The summed E-state index contributed by atoms with van der Waals surface area (Å²) in [7, 11) is 7.88. The normalized spacial score (nSPS) is 16.6. The van der Waals surface area contributed by atoms with Crippen LogP contribution in [0.5, 0.6) is 28.7 Å². The molecule has 0 unspecified atom stereocenters. The Bertz CT molecular complexity index is 1780. The number of hydrogen-bond donors (Lipinski definition) is 3. The summed E-state index contributed by atoms with van der Waals surface area (Å²) in [4.78, 5) is 40.2. The van der Waals surface area contributed by atoms with Gasteiger partial charge in [-0.25, -0.2) is 0 Å². The van der Waals surface area contributed by atoms with Gasteiger partial charge >= 0.3 is 0 Å². The molecule has 3 aromatic rings. The molecule has 262 valence electrons. The van der Waals surface area contributed by atoms with Gasteiger partial charge in [0.1, 0.15) is 6.04 Å². The number of ether oxygens (including phenoxy) is 5. The second kappa shape index (κ2) is 15.8. The van der Waals surface area contributed by atoms with E-state index in [9.17, 15) is 14.4 Å². The number of carbonyl (C=O) groups excluding carboxylic acids is 2. The molecule has 0 saturated carbocycles. The van der Waals surface area contributed by atoms with Crippen LogP contribution >= 0.6 is 11.8 Å². The van der Waals surface area contributed by atoms with E-state index in [1.54, 1.807) is 59.4 Å². The molecule has 3 atom stereocenters. The lowest BCUT2D eigenvalue weighted by Crippen LogP contribution is -2.42. The van der Waals surface area contributed by atoms with Crippen LogP contribution in [0.15, 0.2) is 41.2 Å². The summed E-state index contributed by atoms with van der Waals surface area (Å²) in [5.74, 6) is 2.99. The Kier molecular flexibility index (Phi) is 11.5. The number of rotatable bonds is 13. The van der Waals surface area contributed by atoms with Crippen molar-refractivity contribution in [2.24, 2.45) is 0 Å². The first-order valence-electron chi connectivity index (χ1n) is 16.3. The molecule has 12 heteroatoms. The third-order valence-electron chi connectivity index (χ3n) is 9.21. The van der Waals surface area contributed by atoms with Gasteiger partial charge in [0.25, 0.3) is 0 Å². The Hall–Kier alpha value is -4.58. The lowest BCUT2D eigenvalue weighted by atomic mass is 9.95.